The fourth-order valence-electron chi connectivity index (χ4n) is 1.90. The van der Waals surface area contributed by atoms with E-state index in [2.05, 4.69) is 11.9 Å². The van der Waals surface area contributed by atoms with Crippen molar-refractivity contribution < 1.29 is 29.3 Å². The molecular weight excluding hydrogens is 340 g/mol. The van der Waals surface area contributed by atoms with E-state index in [1.54, 1.807) is 7.11 Å². The molecule has 0 radical (unpaired) electrons. The van der Waals surface area contributed by atoms with Crippen molar-refractivity contribution in [2.75, 3.05) is 33.4 Å². The number of benzene rings is 1. The summed E-state index contributed by atoms with van der Waals surface area (Å²) in [5, 5.41) is 18.1. The van der Waals surface area contributed by atoms with Crippen molar-refractivity contribution >= 4 is 11.9 Å². The monoisotopic (exact) mass is 368 g/mol. The van der Waals surface area contributed by atoms with Gasteiger partial charge in [-0.15, -0.1) is 6.58 Å². The van der Waals surface area contributed by atoms with Crippen molar-refractivity contribution in [2.24, 2.45) is 5.73 Å². The average Bonchev–Trinajstić information content (AvgIpc) is 2.62. The lowest BCUT2D eigenvalue weighted by molar-refractivity contribution is -0.159. The second-order valence-electron chi connectivity index (χ2n) is 5.17. The van der Waals surface area contributed by atoms with Gasteiger partial charge < -0.3 is 30.7 Å². The van der Waals surface area contributed by atoms with Gasteiger partial charge in [-0.05, 0) is 44.0 Å². The first kappa shape index (κ1) is 23.4. The highest BCUT2D eigenvalue weighted by molar-refractivity contribution is 6.27. The molecule has 1 aromatic carbocycles. The standard InChI is InChI=1S/C16H26N2O2.C2H2O4/c1-3-6-14-13-15(19-2)7-8-16(14)20-12-5-4-10-18-11-9-17;3-1(4)2(5)6/h3,7-8,13,18H,1,4-6,9-12,17H2,2H3;(H,3,4)(H,5,6). The second-order valence-corrected chi connectivity index (χ2v) is 5.17. The van der Waals surface area contributed by atoms with Crippen LogP contribution in [0.25, 0.3) is 0 Å². The van der Waals surface area contributed by atoms with Gasteiger partial charge in [0.05, 0.1) is 13.7 Å². The molecule has 8 heteroatoms. The number of hydrogen-bond donors (Lipinski definition) is 4. The van der Waals surface area contributed by atoms with Gasteiger partial charge in [0.25, 0.3) is 0 Å². The van der Waals surface area contributed by atoms with Gasteiger partial charge in [-0.3, -0.25) is 0 Å². The van der Waals surface area contributed by atoms with E-state index in [0.29, 0.717) is 6.54 Å². The van der Waals surface area contributed by atoms with E-state index in [1.165, 1.54) is 0 Å². The predicted molar refractivity (Wildman–Crippen MR) is 98.8 cm³/mol. The molecule has 0 aromatic heterocycles. The zero-order chi connectivity index (χ0) is 19.8. The van der Waals surface area contributed by atoms with Crippen molar-refractivity contribution in [3.63, 3.8) is 0 Å². The van der Waals surface area contributed by atoms with Gasteiger partial charge in [0.15, 0.2) is 0 Å². The quantitative estimate of drug-likeness (QED) is 0.261. The van der Waals surface area contributed by atoms with Crippen LogP contribution in [0.4, 0.5) is 0 Å². The minimum atomic E-state index is -1.82. The van der Waals surface area contributed by atoms with Crippen molar-refractivity contribution in [3.05, 3.63) is 36.4 Å². The zero-order valence-electron chi connectivity index (χ0n) is 15.1. The van der Waals surface area contributed by atoms with Gasteiger partial charge in [-0.1, -0.05) is 6.08 Å². The average molecular weight is 368 g/mol. The summed E-state index contributed by atoms with van der Waals surface area (Å²) in [5.74, 6) is -1.88. The molecule has 0 aliphatic heterocycles. The minimum Gasteiger partial charge on any atom is -0.497 e. The fourth-order valence-corrected chi connectivity index (χ4v) is 1.90. The summed E-state index contributed by atoms with van der Waals surface area (Å²) < 4.78 is 11.1. The first-order valence-electron chi connectivity index (χ1n) is 8.23. The van der Waals surface area contributed by atoms with Crippen LogP contribution in [0.2, 0.25) is 0 Å². The smallest absolute Gasteiger partial charge is 0.414 e. The van der Waals surface area contributed by atoms with Gasteiger partial charge >= 0.3 is 11.9 Å². The first-order chi connectivity index (χ1) is 12.5. The van der Waals surface area contributed by atoms with Gasteiger partial charge in [-0.2, -0.15) is 0 Å². The zero-order valence-corrected chi connectivity index (χ0v) is 15.1. The van der Waals surface area contributed by atoms with E-state index in [1.807, 2.05) is 24.3 Å². The van der Waals surface area contributed by atoms with E-state index in [4.69, 9.17) is 35.0 Å². The molecule has 0 spiro atoms. The Labute approximate surface area is 153 Å². The Morgan fingerprint density at radius 3 is 2.46 bits per heavy atom. The number of unbranched alkanes of at least 4 members (excludes halogenated alkanes) is 1. The van der Waals surface area contributed by atoms with E-state index in [-0.39, 0.29) is 0 Å². The van der Waals surface area contributed by atoms with Crippen LogP contribution >= 0.6 is 0 Å². The molecular formula is C18H28N2O6. The molecule has 1 rings (SSSR count). The van der Waals surface area contributed by atoms with E-state index in [9.17, 15) is 0 Å². The number of nitrogens with one attached hydrogen (secondary N) is 1. The lowest BCUT2D eigenvalue weighted by Crippen LogP contribution is -2.23. The number of carbonyl (C=O) groups is 2. The van der Waals surface area contributed by atoms with Crippen molar-refractivity contribution in [1.29, 1.82) is 0 Å². The molecule has 0 unspecified atom stereocenters. The highest BCUT2D eigenvalue weighted by atomic mass is 16.5. The van der Waals surface area contributed by atoms with Crippen LogP contribution in [-0.2, 0) is 16.0 Å². The van der Waals surface area contributed by atoms with Crippen molar-refractivity contribution in [2.45, 2.75) is 19.3 Å². The second kappa shape index (κ2) is 14.7. The number of hydrogen-bond acceptors (Lipinski definition) is 6. The topological polar surface area (TPSA) is 131 Å². The number of rotatable bonds is 11. The van der Waals surface area contributed by atoms with E-state index < -0.39 is 11.9 Å². The first-order valence-corrected chi connectivity index (χ1v) is 8.23. The van der Waals surface area contributed by atoms with Crippen LogP contribution in [0, 0.1) is 0 Å². The summed E-state index contributed by atoms with van der Waals surface area (Å²) in [6, 6.07) is 5.88. The van der Waals surface area contributed by atoms with Gasteiger partial charge in [0, 0.05) is 18.7 Å². The molecule has 1 aromatic rings. The normalized spacial score (nSPS) is 9.62. The summed E-state index contributed by atoms with van der Waals surface area (Å²) in [4.78, 5) is 18.2. The summed E-state index contributed by atoms with van der Waals surface area (Å²) in [7, 11) is 1.67. The Balaban J connectivity index is 0.000000896. The van der Waals surface area contributed by atoms with E-state index >= 15 is 0 Å². The van der Waals surface area contributed by atoms with Crippen molar-refractivity contribution in [3.8, 4) is 11.5 Å². The molecule has 0 bridgehead atoms. The fraction of sp³-hybridized carbons (Fsp3) is 0.444. The Bertz CT molecular complexity index is 551. The maximum Gasteiger partial charge on any atom is 0.414 e. The Morgan fingerprint density at radius 2 is 1.92 bits per heavy atom. The Morgan fingerprint density at radius 1 is 1.23 bits per heavy atom. The van der Waals surface area contributed by atoms with Crippen LogP contribution in [0.5, 0.6) is 11.5 Å². The van der Waals surface area contributed by atoms with Crippen LogP contribution in [-0.4, -0.2) is 55.5 Å². The molecule has 0 fully saturated rings. The molecule has 0 heterocycles. The summed E-state index contributed by atoms with van der Waals surface area (Å²) >= 11 is 0. The molecule has 0 saturated carbocycles. The number of nitrogens with two attached hydrogens (primary N) is 1. The number of ether oxygens (including phenoxy) is 2. The largest absolute Gasteiger partial charge is 0.497 e. The summed E-state index contributed by atoms with van der Waals surface area (Å²) in [6.45, 7) is 7.05. The highest BCUT2D eigenvalue weighted by Gasteiger charge is 2.05. The van der Waals surface area contributed by atoms with Crippen molar-refractivity contribution in [1.82, 2.24) is 5.32 Å². The molecule has 5 N–H and O–H groups in total. The third kappa shape index (κ3) is 11.1. The molecule has 26 heavy (non-hydrogen) atoms. The number of aliphatic carboxylic acids is 2. The lowest BCUT2D eigenvalue weighted by atomic mass is 10.1. The Kier molecular flexibility index (Phi) is 13.3. The lowest BCUT2D eigenvalue weighted by Gasteiger charge is -2.12. The SMILES string of the molecule is C=CCc1cc(OC)ccc1OCCCCNCCN.O=C(O)C(=O)O. The molecule has 0 atom stereocenters. The third-order valence-corrected chi connectivity index (χ3v) is 3.14. The van der Waals surface area contributed by atoms with Gasteiger partial charge in [0.1, 0.15) is 11.5 Å². The molecule has 0 saturated heterocycles. The maximum atomic E-state index is 9.10. The van der Waals surface area contributed by atoms with E-state index in [0.717, 1.165) is 56.0 Å². The third-order valence-electron chi connectivity index (χ3n) is 3.14. The molecule has 0 aliphatic carbocycles. The number of carboxylic acids is 2. The minimum absolute atomic E-state index is 0.688. The molecule has 0 amide bonds. The number of carboxylic acid groups (broad SMARTS) is 2. The van der Waals surface area contributed by atoms with Crippen LogP contribution in [0.1, 0.15) is 18.4 Å². The maximum absolute atomic E-state index is 9.10. The molecule has 146 valence electrons. The summed E-state index contributed by atoms with van der Waals surface area (Å²) in [5.41, 5.74) is 6.52. The number of methoxy groups -OCH3 is 1. The van der Waals surface area contributed by atoms with Gasteiger partial charge in [0.2, 0.25) is 0 Å². The highest BCUT2D eigenvalue weighted by Crippen LogP contribution is 2.25. The Hall–Kier alpha value is -2.58. The van der Waals surface area contributed by atoms with Crippen LogP contribution in [0.15, 0.2) is 30.9 Å². The number of allylic oxidation sites excluding steroid dienone is 1. The van der Waals surface area contributed by atoms with Crippen LogP contribution < -0.4 is 20.5 Å². The van der Waals surface area contributed by atoms with Gasteiger partial charge in [-0.25, -0.2) is 9.59 Å². The predicted octanol–water partition coefficient (Wildman–Crippen LogP) is 1.29. The molecule has 0 aliphatic rings. The molecule has 8 nitrogen and oxygen atoms in total. The summed E-state index contributed by atoms with van der Waals surface area (Å²) in [6.07, 6.45) is 4.77. The van der Waals surface area contributed by atoms with Crippen LogP contribution in [0.3, 0.4) is 0 Å².